The van der Waals surface area contributed by atoms with Crippen LogP contribution in [0.4, 0.5) is 5.69 Å². The largest absolute Gasteiger partial charge is 0.507 e. The topological polar surface area (TPSA) is 79.3 Å². The first-order valence-corrected chi connectivity index (χ1v) is 13.5. The number of benzene rings is 3. The van der Waals surface area contributed by atoms with Crippen molar-refractivity contribution in [2.75, 3.05) is 39.3 Å². The first kappa shape index (κ1) is 28.7. The Morgan fingerprint density at radius 1 is 1.00 bits per heavy atom. The van der Waals surface area contributed by atoms with E-state index >= 15 is 0 Å². The number of aliphatic hydroxyl groups excluding tert-OH is 1. The number of amides is 1. The molecule has 0 bridgehead atoms. The van der Waals surface area contributed by atoms with Gasteiger partial charge in [0.1, 0.15) is 17.3 Å². The van der Waals surface area contributed by atoms with Crippen LogP contribution in [0.15, 0.2) is 72.3 Å². The fourth-order valence-corrected chi connectivity index (χ4v) is 4.82. The molecule has 3 aromatic rings. The summed E-state index contributed by atoms with van der Waals surface area (Å²) in [7, 11) is 5.52. The summed E-state index contributed by atoms with van der Waals surface area (Å²) in [5.41, 5.74) is 4.16. The van der Waals surface area contributed by atoms with Crippen LogP contribution >= 0.6 is 0 Å². The molecule has 0 spiro atoms. The third-order valence-electron chi connectivity index (χ3n) is 7.09. The molecule has 1 fully saturated rings. The smallest absolute Gasteiger partial charge is 0.295 e. The first-order chi connectivity index (χ1) is 19.1. The number of anilines is 1. The molecule has 0 radical (unpaired) electrons. The molecule has 0 aliphatic carbocycles. The van der Waals surface area contributed by atoms with E-state index in [-0.39, 0.29) is 11.3 Å². The Morgan fingerprint density at radius 2 is 1.68 bits per heavy atom. The van der Waals surface area contributed by atoms with Crippen LogP contribution in [0.3, 0.4) is 0 Å². The van der Waals surface area contributed by atoms with Gasteiger partial charge in [-0.3, -0.25) is 9.59 Å². The van der Waals surface area contributed by atoms with Crippen molar-refractivity contribution in [3.63, 3.8) is 0 Å². The summed E-state index contributed by atoms with van der Waals surface area (Å²) in [6, 6.07) is 20.0. The molecular weight excluding hydrogens is 504 g/mol. The summed E-state index contributed by atoms with van der Waals surface area (Å²) >= 11 is 0. The minimum Gasteiger partial charge on any atom is -0.507 e. The highest BCUT2D eigenvalue weighted by Gasteiger charge is 2.45. The third kappa shape index (κ3) is 6.14. The average Bonchev–Trinajstić information content (AvgIpc) is 3.20. The van der Waals surface area contributed by atoms with Crippen LogP contribution in [0, 0.1) is 12.8 Å². The number of Topliss-reactive ketones (excluding diaryl/α,β-unsaturated/α-hetero) is 1. The molecule has 1 amide bonds. The maximum atomic E-state index is 13.5. The molecule has 1 saturated heterocycles. The molecule has 4 rings (SSSR count). The maximum absolute atomic E-state index is 13.5. The molecule has 1 unspecified atom stereocenters. The number of ether oxygens (including phenoxy) is 2. The molecule has 7 heteroatoms. The molecule has 1 heterocycles. The lowest BCUT2D eigenvalue weighted by molar-refractivity contribution is -0.139. The second kappa shape index (κ2) is 12.3. The summed E-state index contributed by atoms with van der Waals surface area (Å²) in [4.78, 5) is 30.4. The van der Waals surface area contributed by atoms with Gasteiger partial charge in [-0.05, 0) is 78.4 Å². The number of aliphatic hydroxyl groups is 1. The van der Waals surface area contributed by atoms with E-state index < -0.39 is 17.7 Å². The number of hydrogen-bond donors (Lipinski definition) is 1. The molecule has 7 nitrogen and oxygen atoms in total. The number of nitrogens with zero attached hydrogens (tertiary/aromatic N) is 2. The van der Waals surface area contributed by atoms with E-state index in [4.69, 9.17) is 9.47 Å². The number of hydrogen-bond acceptors (Lipinski definition) is 6. The summed E-state index contributed by atoms with van der Waals surface area (Å²) in [6.07, 6.45) is 0.546. The van der Waals surface area contributed by atoms with Crippen molar-refractivity contribution in [2.24, 2.45) is 5.92 Å². The van der Waals surface area contributed by atoms with Crippen LogP contribution in [0.25, 0.3) is 5.76 Å². The van der Waals surface area contributed by atoms with Gasteiger partial charge >= 0.3 is 0 Å². The van der Waals surface area contributed by atoms with E-state index in [9.17, 15) is 14.7 Å². The molecule has 1 N–H and O–H groups in total. The fourth-order valence-electron chi connectivity index (χ4n) is 4.82. The van der Waals surface area contributed by atoms with Crippen LogP contribution in [0.2, 0.25) is 0 Å². The molecule has 210 valence electrons. The molecule has 1 aliphatic rings. The van der Waals surface area contributed by atoms with E-state index in [1.165, 1.54) is 0 Å². The lowest BCUT2D eigenvalue weighted by atomic mass is 9.94. The van der Waals surface area contributed by atoms with E-state index in [1.807, 2.05) is 74.4 Å². The van der Waals surface area contributed by atoms with Gasteiger partial charge in [-0.15, -0.1) is 0 Å². The van der Waals surface area contributed by atoms with Crippen LogP contribution in [-0.4, -0.2) is 56.1 Å². The van der Waals surface area contributed by atoms with E-state index in [0.717, 1.165) is 33.9 Å². The summed E-state index contributed by atoms with van der Waals surface area (Å²) < 4.78 is 11.1. The van der Waals surface area contributed by atoms with Crippen molar-refractivity contribution >= 4 is 23.1 Å². The number of ketones is 1. The van der Waals surface area contributed by atoms with Gasteiger partial charge < -0.3 is 24.4 Å². The van der Waals surface area contributed by atoms with Crippen molar-refractivity contribution in [3.05, 3.63) is 94.6 Å². The molecule has 0 saturated carbocycles. The fraction of sp³-hybridized carbons (Fsp3) is 0.333. The van der Waals surface area contributed by atoms with Crippen molar-refractivity contribution in [3.8, 4) is 11.5 Å². The van der Waals surface area contributed by atoms with Crippen molar-refractivity contribution < 1.29 is 24.2 Å². The van der Waals surface area contributed by atoms with Crippen LogP contribution in [0.5, 0.6) is 11.5 Å². The predicted molar refractivity (Wildman–Crippen MR) is 158 cm³/mol. The van der Waals surface area contributed by atoms with E-state index in [0.29, 0.717) is 31.1 Å². The monoisotopic (exact) mass is 542 g/mol. The van der Waals surface area contributed by atoms with Gasteiger partial charge in [0.05, 0.1) is 25.3 Å². The maximum Gasteiger partial charge on any atom is 0.295 e. The number of carbonyl (C=O) groups is 2. The number of methoxy groups -OCH3 is 1. The van der Waals surface area contributed by atoms with Gasteiger partial charge in [-0.25, -0.2) is 0 Å². The van der Waals surface area contributed by atoms with Gasteiger partial charge in [0.2, 0.25) is 0 Å². The van der Waals surface area contributed by atoms with E-state index in [2.05, 4.69) is 13.8 Å². The number of likely N-dealkylation sites (tertiary alicyclic amines) is 1. The van der Waals surface area contributed by atoms with Gasteiger partial charge in [0.25, 0.3) is 11.7 Å². The molecule has 3 aromatic carbocycles. The van der Waals surface area contributed by atoms with Crippen molar-refractivity contribution in [2.45, 2.75) is 33.2 Å². The zero-order valence-corrected chi connectivity index (χ0v) is 24.1. The van der Waals surface area contributed by atoms with Gasteiger partial charge in [0.15, 0.2) is 0 Å². The minimum atomic E-state index is -0.716. The molecule has 1 aliphatic heterocycles. The summed E-state index contributed by atoms with van der Waals surface area (Å²) in [5, 5.41) is 11.5. The minimum absolute atomic E-state index is 0.0904. The van der Waals surface area contributed by atoms with E-state index in [1.54, 1.807) is 30.2 Å². The Morgan fingerprint density at radius 3 is 2.25 bits per heavy atom. The highest BCUT2D eigenvalue weighted by atomic mass is 16.5. The Hall–Kier alpha value is -4.26. The highest BCUT2D eigenvalue weighted by molar-refractivity contribution is 6.46. The number of carbonyl (C=O) groups excluding carboxylic acids is 2. The average molecular weight is 543 g/mol. The molecule has 0 aromatic heterocycles. The Bertz CT molecular complexity index is 1390. The van der Waals surface area contributed by atoms with Gasteiger partial charge in [0, 0.05) is 31.9 Å². The quantitative estimate of drug-likeness (QED) is 0.199. The van der Waals surface area contributed by atoms with Crippen LogP contribution in [0.1, 0.15) is 42.1 Å². The van der Waals surface area contributed by atoms with Crippen molar-refractivity contribution in [1.29, 1.82) is 0 Å². The second-order valence-corrected chi connectivity index (χ2v) is 10.8. The highest BCUT2D eigenvalue weighted by Crippen LogP contribution is 2.40. The SMILES string of the molecule is COc1ccc(CCN2C(=O)C(=O)/C(=C(\O)c3ccc(OCC(C)C)c(C)c3)C2c2ccc(N(C)C)cc2)cc1. The Labute approximate surface area is 236 Å². The Balaban J connectivity index is 1.73. The molecular formula is C33H38N2O5. The summed E-state index contributed by atoms with van der Waals surface area (Å²) in [6.45, 7) is 6.95. The lowest BCUT2D eigenvalue weighted by Gasteiger charge is -2.26. The third-order valence-corrected chi connectivity index (χ3v) is 7.09. The van der Waals surface area contributed by atoms with Crippen LogP contribution < -0.4 is 14.4 Å². The standard InChI is InChI=1S/C33H38N2O5/c1-21(2)20-40-28-16-11-25(19-22(28)3)31(36)29-30(24-9-12-26(13-10-24)34(4)5)35(33(38)32(29)37)18-17-23-7-14-27(39-6)15-8-23/h7-16,19,21,30,36H,17-18,20H2,1-6H3/b31-29-. The summed E-state index contributed by atoms with van der Waals surface area (Å²) in [5.74, 6) is 0.352. The van der Waals surface area contributed by atoms with Crippen LogP contribution in [-0.2, 0) is 16.0 Å². The number of rotatable bonds is 10. The zero-order chi connectivity index (χ0) is 29.0. The molecule has 40 heavy (non-hydrogen) atoms. The Kier molecular flexibility index (Phi) is 8.83. The van der Waals surface area contributed by atoms with Crippen molar-refractivity contribution in [1.82, 2.24) is 4.90 Å². The predicted octanol–water partition coefficient (Wildman–Crippen LogP) is 5.77. The second-order valence-electron chi connectivity index (χ2n) is 10.8. The van der Waals surface area contributed by atoms with Gasteiger partial charge in [-0.2, -0.15) is 0 Å². The zero-order valence-electron chi connectivity index (χ0n) is 24.1. The lowest BCUT2D eigenvalue weighted by Crippen LogP contribution is -2.31. The normalized spacial score (nSPS) is 16.5. The number of aryl methyl sites for hydroxylation is 1. The first-order valence-electron chi connectivity index (χ1n) is 13.5. The molecule has 1 atom stereocenters. The van der Waals surface area contributed by atoms with Gasteiger partial charge in [-0.1, -0.05) is 38.1 Å².